The van der Waals surface area contributed by atoms with Crippen molar-refractivity contribution < 1.29 is 9.90 Å². The van der Waals surface area contributed by atoms with Gasteiger partial charge in [-0.25, -0.2) is 9.78 Å². The lowest BCUT2D eigenvalue weighted by atomic mass is 10.1. The van der Waals surface area contributed by atoms with Crippen molar-refractivity contribution in [1.29, 1.82) is 0 Å². The highest BCUT2D eigenvalue weighted by Gasteiger charge is 2.15. The van der Waals surface area contributed by atoms with Gasteiger partial charge in [0.2, 0.25) is 0 Å². The molecule has 1 aromatic heterocycles. The fourth-order valence-corrected chi connectivity index (χ4v) is 2.24. The summed E-state index contributed by atoms with van der Waals surface area (Å²) in [5.74, 6) is -0.529. The zero-order valence-corrected chi connectivity index (χ0v) is 11.9. The van der Waals surface area contributed by atoms with E-state index in [2.05, 4.69) is 16.4 Å². The molecule has 1 aromatic carbocycles. The summed E-state index contributed by atoms with van der Waals surface area (Å²) in [4.78, 5) is 15.6. The second-order valence-corrected chi connectivity index (χ2v) is 4.95. The van der Waals surface area contributed by atoms with E-state index < -0.39 is 5.97 Å². The highest BCUT2D eigenvalue weighted by Crippen LogP contribution is 2.19. The van der Waals surface area contributed by atoms with Crippen LogP contribution in [-0.2, 0) is 6.54 Å². The van der Waals surface area contributed by atoms with Crippen LogP contribution < -0.4 is 5.32 Å². The van der Waals surface area contributed by atoms with Gasteiger partial charge in [0.15, 0.2) is 0 Å². The minimum Gasteiger partial charge on any atom is -0.478 e. The third-order valence-electron chi connectivity index (χ3n) is 3.10. The van der Waals surface area contributed by atoms with Crippen LogP contribution in [0.15, 0.2) is 30.3 Å². The number of anilines is 1. The molecule has 0 bridgehead atoms. The molecule has 2 aromatic rings. The normalized spacial score (nSPS) is 10.3. The quantitative estimate of drug-likeness (QED) is 0.894. The van der Waals surface area contributed by atoms with Gasteiger partial charge in [-0.15, -0.1) is 0 Å². The first-order chi connectivity index (χ1) is 9.47. The summed E-state index contributed by atoms with van der Waals surface area (Å²) in [5, 5.41) is 12.4. The predicted molar refractivity (Wildman–Crippen MR) is 79.2 cm³/mol. The number of aryl methyl sites for hydroxylation is 3. The van der Waals surface area contributed by atoms with Gasteiger partial charge in [0.25, 0.3) is 0 Å². The van der Waals surface area contributed by atoms with Gasteiger partial charge in [-0.1, -0.05) is 29.8 Å². The Labute approximate surface area is 118 Å². The van der Waals surface area contributed by atoms with Crippen LogP contribution in [0.1, 0.15) is 32.7 Å². The van der Waals surface area contributed by atoms with Crippen LogP contribution in [0.2, 0.25) is 0 Å². The maximum atomic E-state index is 11.3. The molecule has 0 radical (unpaired) electrons. The smallest absolute Gasteiger partial charge is 0.339 e. The molecule has 0 aliphatic heterocycles. The maximum absolute atomic E-state index is 11.3. The molecule has 1 heterocycles. The Morgan fingerprint density at radius 2 is 2.00 bits per heavy atom. The molecule has 4 nitrogen and oxygen atoms in total. The van der Waals surface area contributed by atoms with E-state index in [0.29, 0.717) is 12.4 Å². The average Bonchev–Trinajstić information content (AvgIpc) is 2.35. The summed E-state index contributed by atoms with van der Waals surface area (Å²) < 4.78 is 0. The fraction of sp³-hybridized carbons (Fsp3) is 0.250. The van der Waals surface area contributed by atoms with E-state index in [1.54, 1.807) is 13.0 Å². The largest absolute Gasteiger partial charge is 0.478 e. The van der Waals surface area contributed by atoms with E-state index >= 15 is 0 Å². The molecule has 104 valence electrons. The molecule has 2 N–H and O–H groups in total. The van der Waals surface area contributed by atoms with Gasteiger partial charge in [-0.2, -0.15) is 0 Å². The van der Waals surface area contributed by atoms with Crippen molar-refractivity contribution in [3.05, 3.63) is 58.3 Å². The number of benzene rings is 1. The van der Waals surface area contributed by atoms with E-state index in [1.165, 1.54) is 5.56 Å². The number of carboxylic acids is 1. The lowest BCUT2D eigenvalue weighted by Crippen LogP contribution is -2.11. The number of rotatable bonds is 4. The fourth-order valence-electron chi connectivity index (χ4n) is 2.24. The van der Waals surface area contributed by atoms with E-state index in [0.717, 1.165) is 16.8 Å². The van der Waals surface area contributed by atoms with Crippen LogP contribution in [0.5, 0.6) is 0 Å². The van der Waals surface area contributed by atoms with E-state index in [-0.39, 0.29) is 5.56 Å². The molecule has 2 rings (SSSR count). The molecule has 0 amide bonds. The number of aromatic carboxylic acids is 1. The summed E-state index contributed by atoms with van der Waals surface area (Å²) in [6.45, 7) is 6.23. The van der Waals surface area contributed by atoms with E-state index in [1.807, 2.05) is 32.0 Å². The highest BCUT2D eigenvalue weighted by molar-refractivity contribution is 5.94. The number of nitrogens with zero attached hydrogens (tertiary/aromatic N) is 1. The van der Waals surface area contributed by atoms with Gasteiger partial charge in [0, 0.05) is 12.2 Å². The first-order valence-electron chi connectivity index (χ1n) is 6.48. The Morgan fingerprint density at radius 1 is 1.25 bits per heavy atom. The lowest BCUT2D eigenvalue weighted by Gasteiger charge is -2.12. The monoisotopic (exact) mass is 270 g/mol. The Morgan fingerprint density at radius 3 is 2.65 bits per heavy atom. The third kappa shape index (κ3) is 3.15. The molecular formula is C16H18N2O2. The second kappa shape index (κ2) is 5.74. The second-order valence-electron chi connectivity index (χ2n) is 4.95. The van der Waals surface area contributed by atoms with Gasteiger partial charge >= 0.3 is 5.97 Å². The molecule has 0 spiro atoms. The Bertz CT molecular complexity index is 651. The molecule has 20 heavy (non-hydrogen) atoms. The van der Waals surface area contributed by atoms with Gasteiger partial charge < -0.3 is 10.4 Å². The van der Waals surface area contributed by atoms with E-state index in [9.17, 15) is 9.90 Å². The van der Waals surface area contributed by atoms with Crippen LogP contribution in [0.25, 0.3) is 0 Å². The summed E-state index contributed by atoms with van der Waals surface area (Å²) in [6, 6.07) is 9.86. The van der Waals surface area contributed by atoms with Crippen molar-refractivity contribution in [3.63, 3.8) is 0 Å². The number of carbonyl (C=O) groups is 1. The lowest BCUT2D eigenvalue weighted by molar-refractivity contribution is 0.0697. The van der Waals surface area contributed by atoms with Gasteiger partial charge in [0.1, 0.15) is 11.4 Å². The minimum absolute atomic E-state index is 0.239. The van der Waals surface area contributed by atoms with Crippen LogP contribution in [-0.4, -0.2) is 16.1 Å². The van der Waals surface area contributed by atoms with Crippen LogP contribution in [0.4, 0.5) is 5.82 Å². The molecule has 0 fully saturated rings. The standard InChI is InChI=1S/C16H18N2O2/c1-10-5-4-6-13(7-10)9-17-15-14(16(19)20)11(2)8-12(3)18-15/h4-8H,9H2,1-3H3,(H,17,18)(H,19,20). The maximum Gasteiger partial charge on any atom is 0.339 e. The van der Waals surface area contributed by atoms with Crippen molar-refractivity contribution >= 4 is 11.8 Å². The highest BCUT2D eigenvalue weighted by atomic mass is 16.4. The summed E-state index contributed by atoms with van der Waals surface area (Å²) in [5.41, 5.74) is 4.04. The molecule has 4 heteroatoms. The molecule has 0 saturated carbocycles. The van der Waals surface area contributed by atoms with Crippen molar-refractivity contribution in [1.82, 2.24) is 4.98 Å². The molecule has 0 saturated heterocycles. The molecule has 0 aliphatic carbocycles. The van der Waals surface area contributed by atoms with Crippen molar-refractivity contribution in [3.8, 4) is 0 Å². The zero-order valence-electron chi connectivity index (χ0n) is 11.9. The molecule has 0 unspecified atom stereocenters. The predicted octanol–water partition coefficient (Wildman–Crippen LogP) is 3.32. The van der Waals surface area contributed by atoms with Gasteiger partial charge in [-0.3, -0.25) is 0 Å². The Hall–Kier alpha value is -2.36. The first kappa shape index (κ1) is 14.1. The molecule has 0 atom stereocenters. The van der Waals surface area contributed by atoms with Crippen molar-refractivity contribution in [2.45, 2.75) is 27.3 Å². The number of nitrogens with one attached hydrogen (secondary N) is 1. The molecular weight excluding hydrogens is 252 g/mol. The SMILES string of the molecule is Cc1cccc(CNc2nc(C)cc(C)c2C(=O)O)c1. The minimum atomic E-state index is -0.957. The number of carboxylic acid groups (broad SMARTS) is 1. The van der Waals surface area contributed by atoms with E-state index in [4.69, 9.17) is 0 Å². The summed E-state index contributed by atoms with van der Waals surface area (Å²) in [6.07, 6.45) is 0. The van der Waals surface area contributed by atoms with Gasteiger partial charge in [0.05, 0.1) is 0 Å². The number of hydrogen-bond donors (Lipinski definition) is 2. The van der Waals surface area contributed by atoms with Gasteiger partial charge in [-0.05, 0) is 38.0 Å². The van der Waals surface area contributed by atoms with Crippen LogP contribution in [0.3, 0.4) is 0 Å². The van der Waals surface area contributed by atoms with Crippen LogP contribution in [0, 0.1) is 20.8 Å². The van der Waals surface area contributed by atoms with Crippen LogP contribution >= 0.6 is 0 Å². The number of pyridine rings is 1. The summed E-state index contributed by atoms with van der Waals surface area (Å²) >= 11 is 0. The zero-order chi connectivity index (χ0) is 14.7. The Kier molecular flexibility index (Phi) is 4.03. The first-order valence-corrected chi connectivity index (χ1v) is 6.48. The average molecular weight is 270 g/mol. The molecule has 0 aliphatic rings. The van der Waals surface area contributed by atoms with Crippen molar-refractivity contribution in [2.24, 2.45) is 0 Å². The Balaban J connectivity index is 2.27. The topological polar surface area (TPSA) is 62.2 Å². The number of hydrogen-bond acceptors (Lipinski definition) is 3. The third-order valence-corrected chi connectivity index (χ3v) is 3.10. The summed E-state index contributed by atoms with van der Waals surface area (Å²) in [7, 11) is 0. The number of aromatic nitrogens is 1. The van der Waals surface area contributed by atoms with Crippen molar-refractivity contribution in [2.75, 3.05) is 5.32 Å².